The number of benzene rings is 3. The first-order chi connectivity index (χ1) is 15.6. The van der Waals surface area contributed by atoms with Crippen molar-refractivity contribution in [2.75, 3.05) is 17.1 Å². The number of Topliss-reactive ketones (excluding diaryl/α,β-unsaturated/α-hetero) is 1. The average molecular weight is 485 g/mol. The maximum atomic E-state index is 12.4. The topological polar surface area (TPSA) is 83.6 Å². The van der Waals surface area contributed by atoms with Gasteiger partial charge in [0.05, 0.1) is 18.5 Å². The number of amides is 1. The van der Waals surface area contributed by atoms with Crippen molar-refractivity contribution >= 4 is 39.0 Å². The standard InChI is InChI=1S/C25H25ClN2O4S/c1-18(29)22-4-3-5-24(16-22)28(33(2,31)32)17-20-6-10-21(11-7-20)25(30)27-15-14-19-8-12-23(26)13-9-19/h3-13,16H,14-15,17H2,1-2H3,(H,27,30). The number of sulfonamides is 1. The van der Waals surface area contributed by atoms with Crippen LogP contribution in [0.1, 0.15) is 38.8 Å². The van der Waals surface area contributed by atoms with Gasteiger partial charge in [0, 0.05) is 22.7 Å². The van der Waals surface area contributed by atoms with Gasteiger partial charge in [0.1, 0.15) is 0 Å². The lowest BCUT2D eigenvalue weighted by Crippen LogP contribution is -2.29. The van der Waals surface area contributed by atoms with E-state index < -0.39 is 10.0 Å². The highest BCUT2D eigenvalue weighted by atomic mass is 35.5. The monoisotopic (exact) mass is 484 g/mol. The number of nitrogens with one attached hydrogen (secondary N) is 1. The van der Waals surface area contributed by atoms with E-state index in [-0.39, 0.29) is 18.2 Å². The Bertz CT molecular complexity index is 1240. The lowest BCUT2D eigenvalue weighted by atomic mass is 10.1. The summed E-state index contributed by atoms with van der Waals surface area (Å²) >= 11 is 5.88. The van der Waals surface area contributed by atoms with Crippen LogP contribution in [0.4, 0.5) is 5.69 Å². The third kappa shape index (κ3) is 6.91. The molecule has 8 heteroatoms. The Kier molecular flexibility index (Phi) is 7.89. The molecule has 0 atom stereocenters. The SMILES string of the molecule is CC(=O)c1cccc(N(Cc2ccc(C(=O)NCCc3ccc(Cl)cc3)cc2)S(C)(=O)=O)c1. The smallest absolute Gasteiger partial charge is 0.251 e. The number of ketones is 1. The Labute approximate surface area is 199 Å². The summed E-state index contributed by atoms with van der Waals surface area (Å²) in [5.74, 6) is -0.346. The molecule has 0 aliphatic carbocycles. The van der Waals surface area contributed by atoms with E-state index in [1.54, 1.807) is 48.5 Å². The van der Waals surface area contributed by atoms with Crippen LogP contribution in [0.2, 0.25) is 5.02 Å². The summed E-state index contributed by atoms with van der Waals surface area (Å²) in [7, 11) is -3.59. The Morgan fingerprint density at radius 1 is 0.909 bits per heavy atom. The van der Waals surface area contributed by atoms with Crippen LogP contribution in [0.15, 0.2) is 72.8 Å². The number of hydrogen-bond acceptors (Lipinski definition) is 4. The molecular formula is C25H25ClN2O4S. The summed E-state index contributed by atoms with van der Waals surface area (Å²) in [6.45, 7) is 2.00. The van der Waals surface area contributed by atoms with Gasteiger partial charge < -0.3 is 5.32 Å². The number of nitrogens with zero attached hydrogens (tertiary/aromatic N) is 1. The van der Waals surface area contributed by atoms with Gasteiger partial charge in [-0.25, -0.2) is 8.42 Å². The third-order valence-corrected chi connectivity index (χ3v) is 6.49. The Hall–Kier alpha value is -3.16. The van der Waals surface area contributed by atoms with Crippen LogP contribution < -0.4 is 9.62 Å². The molecule has 172 valence electrons. The normalized spacial score (nSPS) is 11.1. The summed E-state index contributed by atoms with van der Waals surface area (Å²) < 4.78 is 26.1. The fourth-order valence-electron chi connectivity index (χ4n) is 3.28. The predicted molar refractivity (Wildman–Crippen MR) is 131 cm³/mol. The number of carbonyl (C=O) groups excluding carboxylic acids is 2. The minimum atomic E-state index is -3.59. The molecule has 1 N–H and O–H groups in total. The zero-order chi connectivity index (χ0) is 24.0. The largest absolute Gasteiger partial charge is 0.352 e. The molecule has 3 aromatic rings. The summed E-state index contributed by atoms with van der Waals surface area (Å²) in [6, 6.07) is 20.8. The third-order valence-electron chi connectivity index (χ3n) is 5.10. The molecule has 6 nitrogen and oxygen atoms in total. The lowest BCUT2D eigenvalue weighted by molar-refractivity contribution is 0.0953. The van der Waals surface area contributed by atoms with Crippen molar-refractivity contribution in [1.82, 2.24) is 5.32 Å². The second-order valence-electron chi connectivity index (χ2n) is 7.71. The van der Waals surface area contributed by atoms with E-state index in [2.05, 4.69) is 5.32 Å². The highest BCUT2D eigenvalue weighted by Gasteiger charge is 2.19. The molecule has 3 rings (SSSR count). The molecule has 0 fully saturated rings. The number of hydrogen-bond donors (Lipinski definition) is 1. The van der Waals surface area contributed by atoms with Gasteiger partial charge in [-0.1, -0.05) is 48.0 Å². The van der Waals surface area contributed by atoms with E-state index in [4.69, 9.17) is 11.6 Å². The molecule has 0 heterocycles. The maximum Gasteiger partial charge on any atom is 0.251 e. The molecule has 3 aromatic carbocycles. The van der Waals surface area contributed by atoms with Crippen molar-refractivity contribution < 1.29 is 18.0 Å². The molecule has 0 aromatic heterocycles. The molecule has 0 saturated heterocycles. The van der Waals surface area contributed by atoms with Gasteiger partial charge in [-0.2, -0.15) is 0 Å². The number of anilines is 1. The van der Waals surface area contributed by atoms with E-state index in [0.717, 1.165) is 11.8 Å². The Morgan fingerprint density at radius 3 is 2.15 bits per heavy atom. The van der Waals surface area contributed by atoms with Gasteiger partial charge in [-0.3, -0.25) is 13.9 Å². The fraction of sp³-hybridized carbons (Fsp3) is 0.200. The van der Waals surface area contributed by atoms with Gasteiger partial charge in [0.25, 0.3) is 5.91 Å². The van der Waals surface area contributed by atoms with E-state index in [1.165, 1.54) is 11.2 Å². The van der Waals surface area contributed by atoms with E-state index in [9.17, 15) is 18.0 Å². The van der Waals surface area contributed by atoms with Crippen molar-refractivity contribution in [3.05, 3.63) is 100 Å². The molecule has 0 aliphatic heterocycles. The van der Waals surface area contributed by atoms with Crippen molar-refractivity contribution in [1.29, 1.82) is 0 Å². The molecule has 0 bridgehead atoms. The summed E-state index contributed by atoms with van der Waals surface area (Å²) in [5, 5.41) is 3.55. The first kappa shape index (κ1) is 24.5. The van der Waals surface area contributed by atoms with Gasteiger partial charge in [0.15, 0.2) is 5.78 Å². The zero-order valence-corrected chi connectivity index (χ0v) is 20.0. The minimum absolute atomic E-state index is 0.0820. The Balaban J connectivity index is 1.66. The summed E-state index contributed by atoms with van der Waals surface area (Å²) in [4.78, 5) is 24.1. The van der Waals surface area contributed by atoms with E-state index in [0.29, 0.717) is 40.4 Å². The summed E-state index contributed by atoms with van der Waals surface area (Å²) in [6.07, 6.45) is 1.81. The van der Waals surface area contributed by atoms with Gasteiger partial charge in [-0.15, -0.1) is 0 Å². The molecule has 0 unspecified atom stereocenters. The van der Waals surface area contributed by atoms with Gasteiger partial charge >= 0.3 is 0 Å². The first-order valence-electron chi connectivity index (χ1n) is 10.3. The molecule has 1 amide bonds. The van der Waals surface area contributed by atoms with Gasteiger partial charge in [0.2, 0.25) is 10.0 Å². The Morgan fingerprint density at radius 2 is 1.55 bits per heavy atom. The minimum Gasteiger partial charge on any atom is -0.352 e. The second-order valence-corrected chi connectivity index (χ2v) is 10.0. The second kappa shape index (κ2) is 10.6. The fourth-order valence-corrected chi connectivity index (χ4v) is 4.29. The number of carbonyl (C=O) groups is 2. The van der Waals surface area contributed by atoms with Crippen molar-refractivity contribution in [3.63, 3.8) is 0 Å². The first-order valence-corrected chi connectivity index (χ1v) is 12.6. The van der Waals surface area contributed by atoms with Crippen LogP contribution in [-0.2, 0) is 23.0 Å². The molecular weight excluding hydrogens is 460 g/mol. The van der Waals surface area contributed by atoms with Crippen LogP contribution in [0, 0.1) is 0 Å². The molecule has 0 aliphatic rings. The van der Waals surface area contributed by atoms with Crippen LogP contribution >= 0.6 is 11.6 Å². The highest BCUT2D eigenvalue weighted by molar-refractivity contribution is 7.92. The lowest BCUT2D eigenvalue weighted by Gasteiger charge is -2.23. The van der Waals surface area contributed by atoms with Crippen LogP contribution in [-0.4, -0.2) is 32.9 Å². The highest BCUT2D eigenvalue weighted by Crippen LogP contribution is 2.22. The van der Waals surface area contributed by atoms with Crippen LogP contribution in [0.5, 0.6) is 0 Å². The molecule has 0 radical (unpaired) electrons. The van der Waals surface area contributed by atoms with Crippen LogP contribution in [0.25, 0.3) is 0 Å². The average Bonchev–Trinajstić information content (AvgIpc) is 2.78. The van der Waals surface area contributed by atoms with Crippen molar-refractivity contribution in [2.24, 2.45) is 0 Å². The molecule has 0 saturated carbocycles. The zero-order valence-electron chi connectivity index (χ0n) is 18.4. The molecule has 33 heavy (non-hydrogen) atoms. The van der Waals surface area contributed by atoms with E-state index in [1.807, 2.05) is 24.3 Å². The predicted octanol–water partition coefficient (Wildman–Crippen LogP) is 4.48. The number of rotatable bonds is 9. The van der Waals surface area contributed by atoms with Crippen molar-refractivity contribution in [2.45, 2.75) is 19.9 Å². The number of halogens is 1. The molecule has 0 spiro atoms. The maximum absolute atomic E-state index is 12.4. The quantitative estimate of drug-likeness (QED) is 0.454. The van der Waals surface area contributed by atoms with Crippen LogP contribution in [0.3, 0.4) is 0 Å². The van der Waals surface area contributed by atoms with Crippen molar-refractivity contribution in [3.8, 4) is 0 Å². The van der Waals surface area contributed by atoms with E-state index >= 15 is 0 Å². The van der Waals surface area contributed by atoms with Gasteiger partial charge in [-0.05, 0) is 60.9 Å². The summed E-state index contributed by atoms with van der Waals surface area (Å²) in [5.41, 5.74) is 3.12.